The minimum Gasteiger partial charge on any atom is -0.225 e. The lowest BCUT2D eigenvalue weighted by Crippen LogP contribution is -1.73. The molecule has 1 aromatic heterocycles. The van der Waals surface area contributed by atoms with E-state index in [9.17, 15) is 0 Å². The predicted molar refractivity (Wildman–Crippen MR) is 67.7 cm³/mol. The Kier molecular flexibility index (Phi) is 3.41. The highest BCUT2D eigenvalue weighted by molar-refractivity contribution is 7.22. The van der Waals surface area contributed by atoms with Crippen LogP contribution >= 0.6 is 22.9 Å². The molecule has 0 saturated heterocycles. The van der Waals surface area contributed by atoms with E-state index in [0.717, 1.165) is 15.8 Å². The maximum atomic E-state index is 8.11. The fourth-order valence-corrected chi connectivity index (χ4v) is 2.37. The van der Waals surface area contributed by atoms with Crippen LogP contribution in [-0.2, 0) is 0 Å². The first-order valence-electron chi connectivity index (χ1n) is 4.53. The first-order chi connectivity index (χ1) is 7.79. The number of aromatic nitrogens is 1. The summed E-state index contributed by atoms with van der Waals surface area (Å²) in [6.07, 6.45) is 3.71. The average Bonchev–Trinajstić information content (AvgIpc) is 2.64. The van der Waals surface area contributed by atoms with Gasteiger partial charge < -0.3 is 0 Å². The van der Waals surface area contributed by atoms with Crippen LogP contribution in [0.5, 0.6) is 0 Å². The van der Waals surface area contributed by atoms with Crippen LogP contribution < -0.4 is 0 Å². The van der Waals surface area contributed by atoms with E-state index in [1.807, 2.05) is 30.4 Å². The van der Waals surface area contributed by atoms with Gasteiger partial charge in [-0.05, 0) is 23.2 Å². The lowest BCUT2D eigenvalue weighted by Gasteiger charge is -1.92. The van der Waals surface area contributed by atoms with E-state index < -0.39 is 0 Å². The van der Waals surface area contributed by atoms with Crippen molar-refractivity contribution in [3.63, 3.8) is 0 Å². The largest absolute Gasteiger partial charge is 0.225 e. The molecule has 0 unspecified atom stereocenters. The SMILES string of the molecule is [N-]=[N+]=NCC=Cc1ccc2nc(Cl)sc2c1. The third kappa shape index (κ3) is 2.52. The Labute approximate surface area is 101 Å². The highest BCUT2D eigenvalue weighted by Gasteiger charge is 2.00. The molecule has 0 N–H and O–H groups in total. The summed E-state index contributed by atoms with van der Waals surface area (Å²) in [5, 5.41) is 3.42. The molecule has 0 amide bonds. The van der Waals surface area contributed by atoms with Crippen molar-refractivity contribution >= 4 is 39.2 Å². The number of hydrogen-bond donors (Lipinski definition) is 0. The van der Waals surface area contributed by atoms with Gasteiger partial charge in [0.2, 0.25) is 0 Å². The fourth-order valence-electron chi connectivity index (χ4n) is 1.29. The molecule has 0 bridgehead atoms. The van der Waals surface area contributed by atoms with Crippen LogP contribution in [0.4, 0.5) is 0 Å². The molecule has 1 aromatic carbocycles. The number of fused-ring (bicyclic) bond motifs is 1. The van der Waals surface area contributed by atoms with Crippen molar-refractivity contribution in [2.24, 2.45) is 5.11 Å². The normalized spacial score (nSPS) is 10.8. The van der Waals surface area contributed by atoms with Gasteiger partial charge in [-0.15, -0.1) is 11.3 Å². The number of nitrogens with zero attached hydrogens (tertiary/aromatic N) is 4. The zero-order valence-corrected chi connectivity index (χ0v) is 9.74. The number of benzene rings is 1. The molecule has 2 rings (SSSR count). The third-order valence-electron chi connectivity index (χ3n) is 1.95. The number of thiazole rings is 1. The van der Waals surface area contributed by atoms with Gasteiger partial charge in [0, 0.05) is 11.5 Å². The highest BCUT2D eigenvalue weighted by atomic mass is 35.5. The van der Waals surface area contributed by atoms with E-state index in [2.05, 4.69) is 15.0 Å². The molecule has 0 fully saturated rings. The average molecular weight is 251 g/mol. The van der Waals surface area contributed by atoms with E-state index in [1.165, 1.54) is 11.3 Å². The molecule has 0 aliphatic rings. The lowest BCUT2D eigenvalue weighted by molar-refractivity contribution is 1.22. The molecule has 4 nitrogen and oxygen atoms in total. The van der Waals surface area contributed by atoms with Crippen LogP contribution in [-0.4, -0.2) is 11.5 Å². The van der Waals surface area contributed by atoms with Crippen molar-refractivity contribution in [2.75, 3.05) is 6.54 Å². The summed E-state index contributed by atoms with van der Waals surface area (Å²) in [7, 11) is 0. The Hall–Kier alpha value is -1.55. The van der Waals surface area contributed by atoms with Crippen molar-refractivity contribution in [3.8, 4) is 0 Å². The van der Waals surface area contributed by atoms with Crippen LogP contribution in [0, 0.1) is 0 Å². The van der Waals surface area contributed by atoms with Crippen LogP contribution in [0.15, 0.2) is 29.4 Å². The van der Waals surface area contributed by atoms with Gasteiger partial charge in [0.05, 0.1) is 10.2 Å². The molecule has 0 spiro atoms. The third-order valence-corrected chi connectivity index (χ3v) is 3.07. The minimum atomic E-state index is 0.359. The standard InChI is InChI=1S/C10H7ClN4S/c11-10-14-8-4-3-7(6-9(8)16-10)2-1-5-13-15-12/h1-4,6H,5H2. The van der Waals surface area contributed by atoms with Gasteiger partial charge in [-0.25, -0.2) is 4.98 Å². The van der Waals surface area contributed by atoms with Gasteiger partial charge in [0.15, 0.2) is 4.47 Å². The summed E-state index contributed by atoms with van der Waals surface area (Å²) in [6.45, 7) is 0.359. The zero-order valence-electron chi connectivity index (χ0n) is 8.17. The Bertz CT molecular complexity index is 584. The number of rotatable bonds is 3. The van der Waals surface area contributed by atoms with Crippen LogP contribution in [0.1, 0.15) is 5.56 Å². The van der Waals surface area contributed by atoms with E-state index in [1.54, 1.807) is 0 Å². The van der Waals surface area contributed by atoms with Gasteiger partial charge >= 0.3 is 0 Å². The first kappa shape index (κ1) is 11.0. The molecular formula is C10H7ClN4S. The van der Waals surface area contributed by atoms with E-state index in [0.29, 0.717) is 11.0 Å². The lowest BCUT2D eigenvalue weighted by atomic mass is 10.2. The van der Waals surface area contributed by atoms with Crippen molar-refractivity contribution in [1.82, 2.24) is 4.98 Å². The maximum absolute atomic E-state index is 8.11. The second-order valence-electron chi connectivity index (χ2n) is 3.01. The van der Waals surface area contributed by atoms with Crippen molar-refractivity contribution in [1.29, 1.82) is 0 Å². The molecule has 2 aromatic rings. The smallest absolute Gasteiger partial charge is 0.184 e. The molecule has 1 heterocycles. The molecule has 80 valence electrons. The van der Waals surface area contributed by atoms with Crippen LogP contribution in [0.3, 0.4) is 0 Å². The maximum Gasteiger partial charge on any atom is 0.184 e. The molecule has 0 aliphatic heterocycles. The summed E-state index contributed by atoms with van der Waals surface area (Å²) in [6, 6.07) is 5.88. The summed E-state index contributed by atoms with van der Waals surface area (Å²) in [5.41, 5.74) is 10.1. The molecule has 0 atom stereocenters. The van der Waals surface area contributed by atoms with E-state index in [-0.39, 0.29) is 0 Å². The Morgan fingerprint density at radius 3 is 3.25 bits per heavy atom. The Balaban J connectivity index is 2.25. The van der Waals surface area contributed by atoms with Gasteiger partial charge in [-0.1, -0.05) is 34.9 Å². The quantitative estimate of drug-likeness (QED) is 0.456. The van der Waals surface area contributed by atoms with Gasteiger partial charge in [0.25, 0.3) is 0 Å². The second-order valence-corrected chi connectivity index (χ2v) is 4.62. The van der Waals surface area contributed by atoms with Crippen LogP contribution in [0.2, 0.25) is 4.47 Å². The molecule has 0 radical (unpaired) electrons. The monoisotopic (exact) mass is 250 g/mol. The topological polar surface area (TPSA) is 61.7 Å². The van der Waals surface area contributed by atoms with Gasteiger partial charge in [0.1, 0.15) is 0 Å². The first-order valence-corrected chi connectivity index (χ1v) is 5.72. The zero-order chi connectivity index (χ0) is 11.4. The Morgan fingerprint density at radius 2 is 2.44 bits per heavy atom. The summed E-state index contributed by atoms with van der Waals surface area (Å²) in [5.74, 6) is 0. The number of hydrogen-bond acceptors (Lipinski definition) is 3. The van der Waals surface area contributed by atoms with Crippen LogP contribution in [0.25, 0.3) is 26.7 Å². The fraction of sp³-hybridized carbons (Fsp3) is 0.100. The minimum absolute atomic E-state index is 0.359. The predicted octanol–water partition coefficient (Wildman–Crippen LogP) is 4.27. The van der Waals surface area contributed by atoms with E-state index in [4.69, 9.17) is 17.1 Å². The second kappa shape index (κ2) is 4.99. The van der Waals surface area contributed by atoms with Gasteiger partial charge in [-0.3, -0.25) is 0 Å². The summed E-state index contributed by atoms with van der Waals surface area (Å²) < 4.78 is 1.60. The molecular weight excluding hydrogens is 244 g/mol. The molecule has 16 heavy (non-hydrogen) atoms. The molecule has 6 heteroatoms. The molecule has 0 aliphatic carbocycles. The number of azide groups is 1. The van der Waals surface area contributed by atoms with Crippen molar-refractivity contribution in [2.45, 2.75) is 0 Å². The Morgan fingerprint density at radius 1 is 1.56 bits per heavy atom. The van der Waals surface area contributed by atoms with Gasteiger partial charge in [-0.2, -0.15) is 0 Å². The van der Waals surface area contributed by atoms with Crippen molar-refractivity contribution < 1.29 is 0 Å². The van der Waals surface area contributed by atoms with E-state index >= 15 is 0 Å². The summed E-state index contributed by atoms with van der Waals surface area (Å²) >= 11 is 7.26. The summed E-state index contributed by atoms with van der Waals surface area (Å²) in [4.78, 5) is 6.83. The number of halogens is 1. The molecule has 0 saturated carbocycles. The highest BCUT2D eigenvalue weighted by Crippen LogP contribution is 2.26. The van der Waals surface area contributed by atoms with Crippen molar-refractivity contribution in [3.05, 3.63) is 44.7 Å².